The zero-order valence-electron chi connectivity index (χ0n) is 25.5. The van der Waals surface area contributed by atoms with Crippen LogP contribution in [0.4, 0.5) is 11.5 Å². The lowest BCUT2D eigenvalue weighted by Crippen LogP contribution is -2.44. The molecule has 5 heterocycles. The minimum atomic E-state index is 0.159. The molecule has 0 spiro atoms. The maximum Gasteiger partial charge on any atom is 0.318 e. The highest BCUT2D eigenvalue weighted by Gasteiger charge is 2.45. The molecule has 4 aliphatic rings. The van der Waals surface area contributed by atoms with Crippen molar-refractivity contribution >= 4 is 28.5 Å². The minimum absolute atomic E-state index is 0.159. The van der Waals surface area contributed by atoms with E-state index in [1.54, 1.807) is 6.08 Å². The monoisotopic (exact) mass is 579 g/mol. The molecule has 8 nitrogen and oxygen atoms in total. The second-order valence-electron chi connectivity index (χ2n) is 12.7. The van der Waals surface area contributed by atoms with Crippen molar-refractivity contribution in [3.63, 3.8) is 0 Å². The highest BCUT2D eigenvalue weighted by molar-refractivity contribution is 5.97. The molecule has 0 amide bonds. The number of benzene rings is 2. The van der Waals surface area contributed by atoms with Crippen molar-refractivity contribution in [2.24, 2.45) is 10.7 Å². The molecule has 4 aliphatic heterocycles. The van der Waals surface area contributed by atoms with Gasteiger partial charge < -0.3 is 20.3 Å². The molecule has 2 N–H and O–H groups in total. The van der Waals surface area contributed by atoms with Crippen LogP contribution >= 0.6 is 0 Å². The van der Waals surface area contributed by atoms with Gasteiger partial charge in [-0.05, 0) is 93.7 Å². The van der Waals surface area contributed by atoms with E-state index in [1.807, 2.05) is 6.21 Å². The molecular formula is C35H45N7O. The third-order valence-electron chi connectivity index (χ3n) is 10.2. The molecule has 1 unspecified atom stereocenters. The molecule has 226 valence electrons. The highest BCUT2D eigenvalue weighted by Crippen LogP contribution is 2.40. The lowest BCUT2D eigenvalue weighted by Gasteiger charge is -2.37. The molecule has 0 bridgehead atoms. The Bertz CT molecular complexity index is 1500. The molecule has 3 fully saturated rings. The second-order valence-corrected chi connectivity index (χ2v) is 12.7. The van der Waals surface area contributed by atoms with Crippen LogP contribution in [0.1, 0.15) is 62.3 Å². The number of aromatic nitrogens is 2. The lowest BCUT2D eigenvalue weighted by molar-refractivity contribution is 0.107. The summed E-state index contributed by atoms with van der Waals surface area (Å²) in [7, 11) is 0. The van der Waals surface area contributed by atoms with Crippen LogP contribution in [-0.4, -0.2) is 72.0 Å². The number of piperidine rings is 1. The molecule has 8 heteroatoms. The molecule has 0 aliphatic carbocycles. The summed E-state index contributed by atoms with van der Waals surface area (Å²) in [5.74, 6) is 1.05. The molecule has 0 radical (unpaired) electrons. The average Bonchev–Trinajstić information content (AvgIpc) is 3.63. The third-order valence-corrected chi connectivity index (χ3v) is 10.2. The van der Waals surface area contributed by atoms with Gasteiger partial charge in [-0.1, -0.05) is 37.3 Å². The summed E-state index contributed by atoms with van der Waals surface area (Å²) >= 11 is 0. The first kappa shape index (κ1) is 28.1. The first-order valence-corrected chi connectivity index (χ1v) is 16.4. The first-order chi connectivity index (χ1) is 21.2. The van der Waals surface area contributed by atoms with E-state index in [2.05, 4.69) is 58.0 Å². The lowest BCUT2D eigenvalue weighted by atomic mass is 9.95. The summed E-state index contributed by atoms with van der Waals surface area (Å²) in [4.78, 5) is 22.7. The summed E-state index contributed by atoms with van der Waals surface area (Å²) in [6, 6.07) is 14.1. The summed E-state index contributed by atoms with van der Waals surface area (Å²) < 4.78 is 6.58. The van der Waals surface area contributed by atoms with Crippen LogP contribution in [0.15, 0.2) is 53.7 Å². The van der Waals surface area contributed by atoms with Gasteiger partial charge in [0, 0.05) is 42.5 Å². The standard InChI is InChI=1S/C35H45N7O/c1-2-26-9-3-10-27-11-4-13-31(32(26)27)40-22-14-29-30(24-40)38-34(43-25-35-15-6-20-42(35)21-7-16-35)39-33(29)41-19-5-12-28(23-41)37-18-8-17-36/h3-4,8-11,13,17-18,28H,2,5-7,12,14-16,19-25,36H2,1H3. The summed E-state index contributed by atoms with van der Waals surface area (Å²) in [6.45, 7) is 8.83. The first-order valence-electron chi connectivity index (χ1n) is 16.4. The molecule has 0 saturated carbocycles. The van der Waals surface area contributed by atoms with Gasteiger partial charge in [-0.3, -0.25) is 9.89 Å². The van der Waals surface area contributed by atoms with Gasteiger partial charge in [-0.25, -0.2) is 0 Å². The Morgan fingerprint density at radius 2 is 1.86 bits per heavy atom. The van der Waals surface area contributed by atoms with Gasteiger partial charge >= 0.3 is 6.01 Å². The van der Waals surface area contributed by atoms with E-state index in [9.17, 15) is 0 Å². The zero-order chi connectivity index (χ0) is 29.2. The zero-order valence-corrected chi connectivity index (χ0v) is 25.5. The van der Waals surface area contributed by atoms with E-state index in [0.717, 1.165) is 63.4 Å². The number of ether oxygens (including phenoxy) is 1. The third kappa shape index (κ3) is 5.46. The molecule has 2 aromatic carbocycles. The predicted octanol–water partition coefficient (Wildman–Crippen LogP) is 5.27. The van der Waals surface area contributed by atoms with E-state index in [1.165, 1.54) is 72.6 Å². The molecule has 3 saturated heterocycles. The van der Waals surface area contributed by atoms with Gasteiger partial charge in [0.25, 0.3) is 0 Å². The minimum Gasteiger partial charge on any atom is -0.461 e. The van der Waals surface area contributed by atoms with Crippen molar-refractivity contribution in [2.45, 2.75) is 76.4 Å². The van der Waals surface area contributed by atoms with Crippen molar-refractivity contribution in [3.05, 3.63) is 65.5 Å². The van der Waals surface area contributed by atoms with Gasteiger partial charge in [0.1, 0.15) is 12.4 Å². The summed E-state index contributed by atoms with van der Waals surface area (Å²) in [6.07, 6.45) is 14.2. The van der Waals surface area contributed by atoms with Crippen molar-refractivity contribution < 1.29 is 4.74 Å². The molecule has 3 aromatic rings. The smallest absolute Gasteiger partial charge is 0.318 e. The number of allylic oxidation sites excluding steroid dienone is 1. The fraction of sp³-hybridized carbons (Fsp3) is 0.514. The summed E-state index contributed by atoms with van der Waals surface area (Å²) in [5, 5.41) is 2.67. The highest BCUT2D eigenvalue weighted by atomic mass is 16.5. The van der Waals surface area contributed by atoms with E-state index in [4.69, 9.17) is 25.4 Å². The van der Waals surface area contributed by atoms with E-state index >= 15 is 0 Å². The molecule has 1 atom stereocenters. The van der Waals surface area contributed by atoms with Crippen LogP contribution in [0, 0.1) is 0 Å². The van der Waals surface area contributed by atoms with Gasteiger partial charge in [0.05, 0.1) is 23.8 Å². The van der Waals surface area contributed by atoms with E-state index < -0.39 is 0 Å². The van der Waals surface area contributed by atoms with Crippen molar-refractivity contribution in [1.82, 2.24) is 14.9 Å². The predicted molar refractivity (Wildman–Crippen MR) is 175 cm³/mol. The van der Waals surface area contributed by atoms with Crippen LogP contribution in [0.5, 0.6) is 6.01 Å². The van der Waals surface area contributed by atoms with Crippen molar-refractivity contribution in [1.29, 1.82) is 0 Å². The Kier molecular flexibility index (Phi) is 7.95. The van der Waals surface area contributed by atoms with Gasteiger partial charge in [0.15, 0.2) is 0 Å². The van der Waals surface area contributed by atoms with E-state index in [0.29, 0.717) is 12.6 Å². The Hall–Kier alpha value is -3.65. The maximum absolute atomic E-state index is 6.58. The topological polar surface area (TPSA) is 83.1 Å². The molecule has 1 aromatic heterocycles. The van der Waals surface area contributed by atoms with Crippen LogP contribution in [-0.2, 0) is 19.4 Å². The SMILES string of the molecule is CCc1cccc2cccc(N3CCc4c(nc(OCC56CCCN5CCC6)nc4N4CCCC(N=CC=CN)C4)C3)c12. The van der Waals surface area contributed by atoms with Crippen LogP contribution in [0.2, 0.25) is 0 Å². The Morgan fingerprint density at radius 1 is 1.02 bits per heavy atom. The van der Waals surface area contributed by atoms with Gasteiger partial charge in [-0.15, -0.1) is 0 Å². The van der Waals surface area contributed by atoms with E-state index in [-0.39, 0.29) is 11.6 Å². The van der Waals surface area contributed by atoms with Crippen LogP contribution in [0.3, 0.4) is 0 Å². The molecule has 7 rings (SSSR count). The number of fused-ring (bicyclic) bond motifs is 3. The Balaban J connectivity index is 1.22. The average molecular weight is 580 g/mol. The Morgan fingerprint density at radius 3 is 2.67 bits per heavy atom. The number of nitrogens with two attached hydrogens (primary N) is 1. The van der Waals surface area contributed by atoms with Crippen molar-refractivity contribution in [2.75, 3.05) is 49.1 Å². The fourth-order valence-electron chi connectivity index (χ4n) is 8.03. The second kappa shape index (κ2) is 12.2. The maximum atomic E-state index is 6.58. The van der Waals surface area contributed by atoms with Crippen LogP contribution in [0.25, 0.3) is 10.8 Å². The van der Waals surface area contributed by atoms with Crippen molar-refractivity contribution in [3.8, 4) is 6.01 Å². The number of hydrogen-bond acceptors (Lipinski definition) is 8. The van der Waals surface area contributed by atoms with Gasteiger partial charge in [-0.2, -0.15) is 9.97 Å². The number of rotatable bonds is 8. The fourth-order valence-corrected chi connectivity index (χ4v) is 8.03. The number of aliphatic imine (C=N–C) groups is 1. The summed E-state index contributed by atoms with van der Waals surface area (Å²) in [5.41, 5.74) is 10.8. The number of nitrogens with zero attached hydrogens (tertiary/aromatic N) is 6. The Labute approximate surface area is 255 Å². The molecule has 43 heavy (non-hydrogen) atoms. The number of anilines is 2. The number of hydrogen-bond donors (Lipinski definition) is 1. The normalized spacial score (nSPS) is 22.1. The molecular weight excluding hydrogens is 534 g/mol. The largest absolute Gasteiger partial charge is 0.461 e. The quantitative estimate of drug-likeness (QED) is 0.364. The van der Waals surface area contributed by atoms with Gasteiger partial charge in [0.2, 0.25) is 0 Å². The van der Waals surface area contributed by atoms with Crippen LogP contribution < -0.4 is 20.3 Å². The number of aryl methyl sites for hydroxylation is 1.